The van der Waals surface area contributed by atoms with Gasteiger partial charge < -0.3 is 20.3 Å². The van der Waals surface area contributed by atoms with E-state index in [1.807, 2.05) is 50.5 Å². The lowest BCUT2D eigenvalue weighted by molar-refractivity contribution is -0.122. The molecule has 0 aliphatic carbocycles. The molecule has 1 atom stereocenters. The van der Waals surface area contributed by atoms with Crippen LogP contribution in [-0.4, -0.2) is 37.9 Å². The molecule has 0 fully saturated rings. The summed E-state index contributed by atoms with van der Waals surface area (Å²) >= 11 is 0. The number of methoxy groups -OCH3 is 1. The molecule has 6 nitrogen and oxygen atoms in total. The van der Waals surface area contributed by atoms with Crippen LogP contribution in [-0.2, 0) is 22.7 Å². The maximum atomic E-state index is 12.4. The third-order valence-corrected chi connectivity index (χ3v) is 4.30. The van der Waals surface area contributed by atoms with E-state index >= 15 is 0 Å². The summed E-state index contributed by atoms with van der Waals surface area (Å²) in [6.45, 7) is 2.78. The Morgan fingerprint density at radius 2 is 1.61 bits per heavy atom. The van der Waals surface area contributed by atoms with Gasteiger partial charge in [-0.3, -0.25) is 9.59 Å². The first-order chi connectivity index (χ1) is 13.4. The molecule has 0 aromatic heterocycles. The van der Waals surface area contributed by atoms with Crippen molar-refractivity contribution in [2.45, 2.75) is 32.5 Å². The summed E-state index contributed by atoms with van der Waals surface area (Å²) in [5, 5.41) is 5.77. The van der Waals surface area contributed by atoms with Crippen molar-refractivity contribution in [1.29, 1.82) is 0 Å². The van der Waals surface area contributed by atoms with E-state index in [0.29, 0.717) is 6.54 Å². The first-order valence-electron chi connectivity index (χ1n) is 9.27. The van der Waals surface area contributed by atoms with Crippen LogP contribution in [0.5, 0.6) is 5.75 Å². The Balaban J connectivity index is 1.94. The molecule has 2 N–H and O–H groups in total. The number of carbonyl (C=O) groups excluding carboxylic acids is 2. The molecule has 0 spiro atoms. The fraction of sp³-hybridized carbons (Fsp3) is 0.364. The normalized spacial score (nSPS) is 11.8. The van der Waals surface area contributed by atoms with Gasteiger partial charge in [0.05, 0.1) is 19.6 Å². The summed E-state index contributed by atoms with van der Waals surface area (Å²) in [6, 6.07) is 15.1. The lowest BCUT2D eigenvalue weighted by atomic mass is 10.0. The summed E-state index contributed by atoms with van der Waals surface area (Å²) in [7, 11) is 5.66. The molecule has 2 amide bonds. The number of carbonyl (C=O) groups is 2. The van der Waals surface area contributed by atoms with E-state index in [-0.39, 0.29) is 24.3 Å². The number of rotatable bonds is 9. The summed E-state index contributed by atoms with van der Waals surface area (Å²) in [4.78, 5) is 26.1. The highest BCUT2D eigenvalue weighted by Gasteiger charge is 2.17. The second-order valence-corrected chi connectivity index (χ2v) is 7.06. The van der Waals surface area contributed by atoms with Crippen molar-refractivity contribution in [3.05, 3.63) is 65.2 Å². The SMILES string of the molecule is COc1ccc(C(CC(=O)NCc2ccc(CN(C)C)cc2)NC(C)=O)cc1. The summed E-state index contributed by atoms with van der Waals surface area (Å²) < 4.78 is 5.16. The molecule has 28 heavy (non-hydrogen) atoms. The van der Waals surface area contributed by atoms with Crippen LogP contribution in [0, 0.1) is 0 Å². The van der Waals surface area contributed by atoms with Crippen LogP contribution in [0.4, 0.5) is 0 Å². The van der Waals surface area contributed by atoms with Crippen molar-refractivity contribution in [3.63, 3.8) is 0 Å². The van der Waals surface area contributed by atoms with Crippen molar-refractivity contribution in [1.82, 2.24) is 15.5 Å². The number of nitrogens with one attached hydrogen (secondary N) is 2. The van der Waals surface area contributed by atoms with Crippen molar-refractivity contribution in [2.75, 3.05) is 21.2 Å². The van der Waals surface area contributed by atoms with Crippen molar-refractivity contribution >= 4 is 11.8 Å². The minimum absolute atomic E-state index is 0.119. The van der Waals surface area contributed by atoms with E-state index in [0.717, 1.165) is 23.4 Å². The molecule has 0 saturated heterocycles. The lowest BCUT2D eigenvalue weighted by Gasteiger charge is -2.18. The Hall–Kier alpha value is -2.86. The van der Waals surface area contributed by atoms with E-state index in [1.54, 1.807) is 7.11 Å². The van der Waals surface area contributed by atoms with Gasteiger partial charge in [0.1, 0.15) is 5.75 Å². The standard InChI is InChI=1S/C22H29N3O3/c1-16(26)24-21(19-9-11-20(28-4)12-10-19)13-22(27)23-14-17-5-7-18(8-6-17)15-25(2)3/h5-12,21H,13-15H2,1-4H3,(H,23,27)(H,24,26). The highest BCUT2D eigenvalue weighted by atomic mass is 16.5. The van der Waals surface area contributed by atoms with Gasteiger partial charge in [0, 0.05) is 20.0 Å². The maximum Gasteiger partial charge on any atom is 0.222 e. The molecule has 0 aliphatic rings. The fourth-order valence-electron chi connectivity index (χ4n) is 2.92. The topological polar surface area (TPSA) is 70.7 Å². The lowest BCUT2D eigenvalue weighted by Crippen LogP contribution is -2.32. The number of nitrogens with zero attached hydrogens (tertiary/aromatic N) is 1. The van der Waals surface area contributed by atoms with Gasteiger partial charge in [0.15, 0.2) is 0 Å². The Kier molecular flexibility index (Phi) is 8.02. The second kappa shape index (κ2) is 10.5. The number of hydrogen-bond acceptors (Lipinski definition) is 4. The van der Waals surface area contributed by atoms with Gasteiger partial charge in [-0.2, -0.15) is 0 Å². The van der Waals surface area contributed by atoms with Crippen LogP contribution in [0.25, 0.3) is 0 Å². The molecule has 0 saturated carbocycles. The Morgan fingerprint density at radius 3 is 2.14 bits per heavy atom. The van der Waals surface area contributed by atoms with Crippen molar-refractivity contribution in [2.24, 2.45) is 0 Å². The monoisotopic (exact) mass is 383 g/mol. The number of benzene rings is 2. The quantitative estimate of drug-likeness (QED) is 0.698. The molecule has 0 radical (unpaired) electrons. The van der Waals surface area contributed by atoms with Gasteiger partial charge in [-0.25, -0.2) is 0 Å². The zero-order valence-electron chi connectivity index (χ0n) is 17.0. The fourth-order valence-corrected chi connectivity index (χ4v) is 2.92. The Morgan fingerprint density at radius 1 is 1.00 bits per heavy atom. The predicted octanol–water partition coefficient (Wildman–Crippen LogP) is 2.64. The molecule has 150 valence electrons. The van der Waals surface area contributed by atoms with Crippen molar-refractivity contribution < 1.29 is 14.3 Å². The Labute approximate surface area is 166 Å². The summed E-state index contributed by atoms with van der Waals surface area (Å²) in [6.07, 6.45) is 0.171. The summed E-state index contributed by atoms with van der Waals surface area (Å²) in [5.41, 5.74) is 3.13. The maximum absolute atomic E-state index is 12.4. The zero-order chi connectivity index (χ0) is 20.5. The first-order valence-corrected chi connectivity index (χ1v) is 9.27. The van der Waals surface area contributed by atoms with Crippen LogP contribution in [0.3, 0.4) is 0 Å². The van der Waals surface area contributed by atoms with Gasteiger partial charge in [0.25, 0.3) is 0 Å². The van der Waals surface area contributed by atoms with Gasteiger partial charge in [-0.1, -0.05) is 36.4 Å². The summed E-state index contributed by atoms with van der Waals surface area (Å²) in [5.74, 6) is 0.435. The highest BCUT2D eigenvalue weighted by molar-refractivity contribution is 5.79. The molecular formula is C22H29N3O3. The molecule has 0 aliphatic heterocycles. The van der Waals surface area contributed by atoms with E-state index in [2.05, 4.69) is 27.7 Å². The van der Waals surface area contributed by atoms with Crippen molar-refractivity contribution in [3.8, 4) is 5.75 Å². The molecule has 0 bridgehead atoms. The van der Waals surface area contributed by atoms with Crippen LogP contribution >= 0.6 is 0 Å². The molecular weight excluding hydrogens is 354 g/mol. The molecule has 6 heteroatoms. The minimum Gasteiger partial charge on any atom is -0.497 e. The smallest absolute Gasteiger partial charge is 0.222 e. The van der Waals surface area contributed by atoms with Gasteiger partial charge >= 0.3 is 0 Å². The van der Waals surface area contributed by atoms with E-state index in [9.17, 15) is 9.59 Å². The molecule has 0 heterocycles. The number of ether oxygens (including phenoxy) is 1. The zero-order valence-corrected chi connectivity index (χ0v) is 17.0. The van der Waals surface area contributed by atoms with E-state index in [1.165, 1.54) is 12.5 Å². The van der Waals surface area contributed by atoms with Crippen LogP contribution < -0.4 is 15.4 Å². The van der Waals surface area contributed by atoms with Crippen LogP contribution in [0.2, 0.25) is 0 Å². The average Bonchev–Trinajstić information content (AvgIpc) is 2.66. The highest BCUT2D eigenvalue weighted by Crippen LogP contribution is 2.20. The molecule has 2 aromatic carbocycles. The number of hydrogen-bond donors (Lipinski definition) is 2. The van der Waals surface area contributed by atoms with Gasteiger partial charge in [-0.05, 0) is 42.9 Å². The average molecular weight is 383 g/mol. The van der Waals surface area contributed by atoms with Crippen LogP contribution in [0.1, 0.15) is 36.1 Å². The minimum atomic E-state index is -0.383. The third-order valence-electron chi connectivity index (χ3n) is 4.30. The van der Waals surface area contributed by atoms with Gasteiger partial charge in [0.2, 0.25) is 11.8 Å². The first kappa shape index (κ1) is 21.4. The van der Waals surface area contributed by atoms with E-state index in [4.69, 9.17) is 4.74 Å². The Bertz CT molecular complexity index is 771. The van der Waals surface area contributed by atoms with Gasteiger partial charge in [-0.15, -0.1) is 0 Å². The van der Waals surface area contributed by atoms with Crippen LogP contribution in [0.15, 0.2) is 48.5 Å². The number of amides is 2. The molecule has 1 unspecified atom stereocenters. The largest absolute Gasteiger partial charge is 0.497 e. The second-order valence-electron chi connectivity index (χ2n) is 7.06. The van der Waals surface area contributed by atoms with E-state index < -0.39 is 0 Å². The molecule has 2 aromatic rings. The molecule has 2 rings (SSSR count). The third kappa shape index (κ3) is 7.04. The predicted molar refractivity (Wildman–Crippen MR) is 110 cm³/mol.